The van der Waals surface area contributed by atoms with E-state index < -0.39 is 0 Å². The Hall–Kier alpha value is -3.16. The maximum atomic E-state index is 12.7. The number of rotatable bonds is 6. The smallest absolute Gasteiger partial charge is 0.225 e. The topological polar surface area (TPSA) is 75.9 Å². The number of carbonyl (C=O) groups is 1. The van der Waals surface area contributed by atoms with E-state index in [1.54, 1.807) is 15.7 Å². The van der Waals surface area contributed by atoms with Crippen LogP contribution in [0.5, 0.6) is 5.75 Å². The van der Waals surface area contributed by atoms with Gasteiger partial charge < -0.3 is 14.5 Å². The summed E-state index contributed by atoms with van der Waals surface area (Å²) in [6, 6.07) is 13.5. The van der Waals surface area contributed by atoms with Crippen molar-refractivity contribution in [3.8, 4) is 5.75 Å². The van der Waals surface area contributed by atoms with Crippen molar-refractivity contribution in [3.05, 3.63) is 48.8 Å². The summed E-state index contributed by atoms with van der Waals surface area (Å²) < 4.78 is 7.37. The Morgan fingerprint density at radius 3 is 2.75 bits per heavy atom. The van der Waals surface area contributed by atoms with Gasteiger partial charge in [0.1, 0.15) is 24.5 Å². The number of likely N-dealkylation sites (N-methyl/N-ethyl adjacent to an activating group) is 1. The highest BCUT2D eigenvalue weighted by molar-refractivity contribution is 5.79. The third-order valence-corrected chi connectivity index (χ3v) is 5.13. The summed E-state index contributed by atoms with van der Waals surface area (Å²) in [5, 5.41) is 12.4. The lowest BCUT2D eigenvalue weighted by atomic mass is 9.95. The summed E-state index contributed by atoms with van der Waals surface area (Å²) in [5.74, 6) is 1.96. The van der Waals surface area contributed by atoms with Gasteiger partial charge >= 0.3 is 0 Å². The fourth-order valence-electron chi connectivity index (χ4n) is 3.48. The molecule has 0 radical (unpaired) electrons. The Bertz CT molecular complexity index is 921. The number of carbonyl (C=O) groups excluding carboxylic acids is 1. The molecular formula is C20H24N6O2. The van der Waals surface area contributed by atoms with Gasteiger partial charge in [-0.2, -0.15) is 4.52 Å². The van der Waals surface area contributed by atoms with E-state index in [0.717, 1.165) is 43.1 Å². The van der Waals surface area contributed by atoms with Crippen LogP contribution in [0, 0.1) is 5.92 Å². The van der Waals surface area contributed by atoms with Gasteiger partial charge in [0.15, 0.2) is 5.65 Å². The molecule has 0 bridgehead atoms. The van der Waals surface area contributed by atoms with Crippen molar-refractivity contribution < 1.29 is 9.53 Å². The van der Waals surface area contributed by atoms with Gasteiger partial charge in [-0.1, -0.05) is 18.2 Å². The Morgan fingerprint density at radius 2 is 1.96 bits per heavy atom. The molecule has 1 aliphatic heterocycles. The van der Waals surface area contributed by atoms with Crippen LogP contribution in [0.3, 0.4) is 0 Å². The average Bonchev–Trinajstić information content (AvgIpc) is 3.22. The van der Waals surface area contributed by atoms with Crippen molar-refractivity contribution in [1.82, 2.24) is 24.7 Å². The van der Waals surface area contributed by atoms with Crippen LogP contribution in [-0.2, 0) is 4.79 Å². The van der Waals surface area contributed by atoms with E-state index in [1.165, 1.54) is 0 Å². The van der Waals surface area contributed by atoms with Crippen LogP contribution in [0.4, 0.5) is 5.82 Å². The van der Waals surface area contributed by atoms with Crippen LogP contribution in [0.2, 0.25) is 0 Å². The van der Waals surface area contributed by atoms with Gasteiger partial charge in [-0.25, -0.2) is 0 Å². The number of fused-ring (bicyclic) bond motifs is 1. The highest BCUT2D eigenvalue weighted by atomic mass is 16.5. The standard InChI is InChI=1S/C20H24N6O2/c1-24(13-14-28-17-5-3-2-4-6-17)20(27)16-9-11-25(12-10-16)19-8-7-18-22-21-15-26(18)23-19/h2-8,15-16H,9-14H2,1H3. The first kappa shape index (κ1) is 18.2. The summed E-state index contributed by atoms with van der Waals surface area (Å²) in [7, 11) is 1.85. The number of benzene rings is 1. The lowest BCUT2D eigenvalue weighted by Crippen LogP contribution is -2.42. The largest absolute Gasteiger partial charge is 0.492 e. The second-order valence-electron chi connectivity index (χ2n) is 7.01. The highest BCUT2D eigenvalue weighted by Crippen LogP contribution is 2.23. The molecule has 146 valence electrons. The summed E-state index contributed by atoms with van der Waals surface area (Å²) in [6.45, 7) is 2.70. The molecule has 1 amide bonds. The maximum absolute atomic E-state index is 12.7. The molecular weight excluding hydrogens is 356 g/mol. The Balaban J connectivity index is 1.26. The van der Waals surface area contributed by atoms with Gasteiger partial charge in [-0.15, -0.1) is 15.3 Å². The van der Waals surface area contributed by atoms with Crippen LogP contribution in [0.1, 0.15) is 12.8 Å². The van der Waals surface area contributed by atoms with E-state index in [9.17, 15) is 4.79 Å². The zero-order chi connectivity index (χ0) is 19.3. The zero-order valence-electron chi connectivity index (χ0n) is 15.9. The van der Waals surface area contributed by atoms with Crippen LogP contribution < -0.4 is 9.64 Å². The second kappa shape index (κ2) is 8.24. The van der Waals surface area contributed by atoms with Crippen LogP contribution in [0.25, 0.3) is 5.65 Å². The van der Waals surface area contributed by atoms with Gasteiger partial charge in [0.2, 0.25) is 5.91 Å². The molecule has 8 heteroatoms. The van der Waals surface area contributed by atoms with E-state index in [1.807, 2.05) is 49.5 Å². The molecule has 1 fully saturated rings. The molecule has 0 spiro atoms. The summed E-state index contributed by atoms with van der Waals surface area (Å²) in [6.07, 6.45) is 3.25. The first-order valence-corrected chi connectivity index (χ1v) is 9.55. The van der Waals surface area contributed by atoms with E-state index in [0.29, 0.717) is 13.2 Å². The fraction of sp³-hybridized carbons (Fsp3) is 0.400. The third-order valence-electron chi connectivity index (χ3n) is 5.13. The van der Waals surface area contributed by atoms with Crippen molar-refractivity contribution in [2.75, 3.05) is 38.2 Å². The average molecular weight is 380 g/mol. The number of hydrogen-bond donors (Lipinski definition) is 0. The van der Waals surface area contributed by atoms with Crippen molar-refractivity contribution in [3.63, 3.8) is 0 Å². The first-order valence-electron chi connectivity index (χ1n) is 9.55. The minimum Gasteiger partial charge on any atom is -0.492 e. The van der Waals surface area contributed by atoms with E-state index in [4.69, 9.17) is 4.74 Å². The number of para-hydroxylation sites is 1. The lowest BCUT2D eigenvalue weighted by Gasteiger charge is -2.33. The van der Waals surface area contributed by atoms with Gasteiger partial charge in [0, 0.05) is 26.1 Å². The van der Waals surface area contributed by atoms with E-state index >= 15 is 0 Å². The number of ether oxygens (including phenoxy) is 1. The molecule has 3 heterocycles. The molecule has 8 nitrogen and oxygen atoms in total. The van der Waals surface area contributed by atoms with Crippen molar-refractivity contribution in [2.24, 2.45) is 5.92 Å². The van der Waals surface area contributed by atoms with E-state index in [-0.39, 0.29) is 11.8 Å². The third kappa shape index (κ3) is 4.05. The number of nitrogens with zero attached hydrogens (tertiary/aromatic N) is 6. The quantitative estimate of drug-likeness (QED) is 0.650. The van der Waals surface area contributed by atoms with Crippen LogP contribution in [0.15, 0.2) is 48.8 Å². The molecule has 28 heavy (non-hydrogen) atoms. The predicted molar refractivity (Wildman–Crippen MR) is 105 cm³/mol. The maximum Gasteiger partial charge on any atom is 0.225 e. The Morgan fingerprint density at radius 1 is 1.18 bits per heavy atom. The minimum absolute atomic E-state index is 0.0524. The molecule has 0 atom stereocenters. The van der Waals surface area contributed by atoms with Gasteiger partial charge in [0.05, 0.1) is 6.54 Å². The number of amides is 1. The summed E-state index contributed by atoms with van der Waals surface area (Å²) >= 11 is 0. The first-order chi connectivity index (χ1) is 13.7. The molecule has 1 aromatic carbocycles. The molecule has 2 aromatic heterocycles. The molecule has 1 saturated heterocycles. The Labute approximate surface area is 163 Å². The molecule has 3 aromatic rings. The molecule has 4 rings (SSSR count). The van der Waals surface area contributed by atoms with Gasteiger partial charge in [-0.05, 0) is 37.1 Å². The lowest BCUT2D eigenvalue weighted by molar-refractivity contribution is -0.135. The number of piperidine rings is 1. The zero-order valence-corrected chi connectivity index (χ0v) is 15.9. The molecule has 1 aliphatic rings. The van der Waals surface area contributed by atoms with E-state index in [2.05, 4.69) is 20.2 Å². The van der Waals surface area contributed by atoms with Crippen molar-refractivity contribution in [2.45, 2.75) is 12.8 Å². The van der Waals surface area contributed by atoms with Crippen LogP contribution >= 0.6 is 0 Å². The fourth-order valence-corrected chi connectivity index (χ4v) is 3.48. The number of anilines is 1. The summed E-state index contributed by atoms with van der Waals surface area (Å²) in [4.78, 5) is 16.7. The molecule has 0 saturated carbocycles. The van der Waals surface area contributed by atoms with Gasteiger partial charge in [0.25, 0.3) is 0 Å². The number of hydrogen-bond acceptors (Lipinski definition) is 6. The predicted octanol–water partition coefficient (Wildman–Crippen LogP) is 1.88. The Kier molecular flexibility index (Phi) is 5.36. The minimum atomic E-state index is 0.0524. The highest BCUT2D eigenvalue weighted by Gasteiger charge is 2.27. The molecule has 0 N–H and O–H groups in total. The number of aromatic nitrogens is 4. The summed E-state index contributed by atoms with van der Waals surface area (Å²) in [5.41, 5.74) is 0.730. The normalized spacial score (nSPS) is 15.0. The molecule has 0 aliphatic carbocycles. The molecule has 0 unspecified atom stereocenters. The van der Waals surface area contributed by atoms with Crippen molar-refractivity contribution >= 4 is 17.4 Å². The monoisotopic (exact) mass is 380 g/mol. The second-order valence-corrected chi connectivity index (χ2v) is 7.01. The van der Waals surface area contributed by atoms with Crippen LogP contribution in [-0.4, -0.2) is 63.9 Å². The van der Waals surface area contributed by atoms with Crippen molar-refractivity contribution in [1.29, 1.82) is 0 Å². The van der Waals surface area contributed by atoms with Gasteiger partial charge in [-0.3, -0.25) is 4.79 Å². The SMILES string of the molecule is CN(CCOc1ccccc1)C(=O)C1CCN(c2ccc3nncn3n2)CC1.